The molecule has 0 aromatic rings. The summed E-state index contributed by atoms with van der Waals surface area (Å²) in [4.78, 5) is 0. The van der Waals surface area contributed by atoms with Gasteiger partial charge in [-0.05, 0) is 37.5 Å². The van der Waals surface area contributed by atoms with Crippen molar-refractivity contribution in [2.75, 3.05) is 0 Å². The summed E-state index contributed by atoms with van der Waals surface area (Å²) in [7, 11) is 0. The Bertz CT molecular complexity index is 173. The van der Waals surface area contributed by atoms with Gasteiger partial charge < -0.3 is 5.11 Å². The van der Waals surface area contributed by atoms with Gasteiger partial charge in [-0.15, -0.1) is 6.42 Å². The van der Waals surface area contributed by atoms with Crippen molar-refractivity contribution in [2.24, 2.45) is 11.8 Å². The minimum absolute atomic E-state index is 0.730. The summed E-state index contributed by atoms with van der Waals surface area (Å²) in [5.41, 5.74) is -0.730. The molecule has 0 aromatic heterocycles. The smallest absolute Gasteiger partial charge is 0.125 e. The van der Waals surface area contributed by atoms with Crippen molar-refractivity contribution in [3.8, 4) is 12.3 Å². The molecule has 1 N–H and O–H groups in total. The third-order valence-corrected chi connectivity index (χ3v) is 2.85. The van der Waals surface area contributed by atoms with Gasteiger partial charge >= 0.3 is 0 Å². The molecule has 1 nitrogen and oxygen atoms in total. The zero-order valence-corrected chi connectivity index (χ0v) is 6.01. The van der Waals surface area contributed by atoms with E-state index in [1.165, 1.54) is 12.8 Å². The van der Waals surface area contributed by atoms with Gasteiger partial charge in [-0.2, -0.15) is 0 Å². The molecule has 54 valence electrons. The number of hydrogen-bond donors (Lipinski definition) is 1. The highest BCUT2D eigenvalue weighted by molar-refractivity contribution is 5.13. The minimum atomic E-state index is -0.730. The Kier molecular flexibility index (Phi) is 1.10. The largest absolute Gasteiger partial charge is 0.378 e. The zero-order valence-electron chi connectivity index (χ0n) is 6.01. The Morgan fingerprint density at radius 2 is 1.80 bits per heavy atom. The number of rotatable bonds is 0. The zero-order chi connectivity index (χ0) is 7.19. The molecular weight excluding hydrogens is 124 g/mol. The molecule has 3 fully saturated rings. The van der Waals surface area contributed by atoms with Gasteiger partial charge in [0, 0.05) is 0 Å². The van der Waals surface area contributed by atoms with Gasteiger partial charge in [0.2, 0.25) is 0 Å². The molecule has 0 saturated heterocycles. The average Bonchev–Trinajstić information content (AvgIpc) is 1.86. The van der Waals surface area contributed by atoms with E-state index >= 15 is 0 Å². The van der Waals surface area contributed by atoms with E-state index in [4.69, 9.17) is 6.42 Å². The van der Waals surface area contributed by atoms with Crippen LogP contribution in [0.4, 0.5) is 0 Å². The van der Waals surface area contributed by atoms with Crippen LogP contribution in [0.1, 0.15) is 25.7 Å². The minimum Gasteiger partial charge on any atom is -0.378 e. The van der Waals surface area contributed by atoms with Gasteiger partial charge in [-0.1, -0.05) is 5.92 Å². The van der Waals surface area contributed by atoms with Crippen LogP contribution in [0.3, 0.4) is 0 Å². The summed E-state index contributed by atoms with van der Waals surface area (Å²) >= 11 is 0. The van der Waals surface area contributed by atoms with E-state index < -0.39 is 5.60 Å². The van der Waals surface area contributed by atoms with Crippen molar-refractivity contribution in [3.63, 3.8) is 0 Å². The van der Waals surface area contributed by atoms with Gasteiger partial charge in [0.1, 0.15) is 5.60 Å². The predicted molar refractivity (Wildman–Crippen MR) is 39.2 cm³/mol. The third kappa shape index (κ3) is 0.759. The summed E-state index contributed by atoms with van der Waals surface area (Å²) in [6.45, 7) is 0. The van der Waals surface area contributed by atoms with Crippen LogP contribution in [0.5, 0.6) is 0 Å². The topological polar surface area (TPSA) is 20.2 Å². The molecule has 2 bridgehead atoms. The summed E-state index contributed by atoms with van der Waals surface area (Å²) in [6.07, 6.45) is 9.53. The second-order valence-corrected chi connectivity index (χ2v) is 3.79. The Balaban J connectivity index is 2.10. The van der Waals surface area contributed by atoms with Crippen molar-refractivity contribution in [1.29, 1.82) is 0 Å². The first-order valence-corrected chi connectivity index (χ1v) is 3.92. The van der Waals surface area contributed by atoms with Gasteiger partial charge in [0.25, 0.3) is 0 Å². The van der Waals surface area contributed by atoms with Crippen LogP contribution in [-0.4, -0.2) is 10.7 Å². The van der Waals surface area contributed by atoms with E-state index in [1.54, 1.807) is 0 Å². The van der Waals surface area contributed by atoms with Crippen molar-refractivity contribution >= 4 is 0 Å². The summed E-state index contributed by atoms with van der Waals surface area (Å²) in [5, 5.41) is 9.64. The van der Waals surface area contributed by atoms with E-state index in [2.05, 4.69) is 5.92 Å². The maximum Gasteiger partial charge on any atom is 0.125 e. The second-order valence-electron chi connectivity index (χ2n) is 3.79. The quantitative estimate of drug-likeness (QED) is 0.496. The SMILES string of the molecule is C#CC1(O)CC2CC(C2)C1. The maximum absolute atomic E-state index is 9.64. The molecule has 1 heteroatoms. The molecule has 0 unspecified atom stereocenters. The molecule has 0 atom stereocenters. The fourth-order valence-electron chi connectivity index (χ4n) is 2.36. The Hall–Kier alpha value is -0.480. The molecule has 0 spiro atoms. The highest BCUT2D eigenvalue weighted by Gasteiger charge is 2.45. The van der Waals surface area contributed by atoms with E-state index in [0.717, 1.165) is 24.7 Å². The lowest BCUT2D eigenvalue weighted by Crippen LogP contribution is -2.45. The number of terminal acetylenes is 1. The number of fused-ring (bicyclic) bond motifs is 2. The first kappa shape index (κ1) is 6.24. The lowest BCUT2D eigenvalue weighted by molar-refractivity contribution is -0.0468. The molecule has 0 heterocycles. The maximum atomic E-state index is 9.64. The Morgan fingerprint density at radius 3 is 2.10 bits per heavy atom. The fourth-order valence-corrected chi connectivity index (χ4v) is 2.36. The van der Waals surface area contributed by atoms with Gasteiger partial charge in [0.15, 0.2) is 0 Å². The third-order valence-electron chi connectivity index (χ3n) is 2.85. The van der Waals surface area contributed by atoms with Crippen molar-refractivity contribution in [2.45, 2.75) is 31.3 Å². The predicted octanol–water partition coefficient (Wildman–Crippen LogP) is 1.17. The first-order valence-electron chi connectivity index (χ1n) is 3.92. The lowest BCUT2D eigenvalue weighted by Gasteiger charge is -2.47. The molecule has 3 rings (SSSR count). The summed E-state index contributed by atoms with van der Waals surface area (Å²) in [6, 6.07) is 0. The molecular formula is C9H12O. The summed E-state index contributed by atoms with van der Waals surface area (Å²) in [5.74, 6) is 3.97. The van der Waals surface area contributed by atoms with Crippen LogP contribution >= 0.6 is 0 Å². The van der Waals surface area contributed by atoms with Crippen molar-refractivity contribution in [1.82, 2.24) is 0 Å². The average molecular weight is 136 g/mol. The Morgan fingerprint density at radius 1 is 1.30 bits per heavy atom. The normalized spacial score (nSPS) is 51.2. The molecule has 0 radical (unpaired) electrons. The van der Waals surface area contributed by atoms with Crippen LogP contribution < -0.4 is 0 Å². The van der Waals surface area contributed by atoms with Gasteiger partial charge in [0.05, 0.1) is 0 Å². The molecule has 3 saturated carbocycles. The van der Waals surface area contributed by atoms with Crippen LogP contribution in [-0.2, 0) is 0 Å². The molecule has 3 aliphatic carbocycles. The van der Waals surface area contributed by atoms with Crippen molar-refractivity contribution < 1.29 is 5.11 Å². The highest BCUT2D eigenvalue weighted by Crippen LogP contribution is 2.49. The number of hydrogen-bond acceptors (Lipinski definition) is 1. The molecule has 10 heavy (non-hydrogen) atoms. The van der Waals surface area contributed by atoms with Crippen LogP contribution in [0, 0.1) is 24.2 Å². The molecule has 3 aliphatic rings. The second kappa shape index (κ2) is 1.77. The Labute approximate surface area is 61.4 Å². The van der Waals surface area contributed by atoms with Gasteiger partial charge in [-0.3, -0.25) is 0 Å². The summed E-state index contributed by atoms with van der Waals surface area (Å²) < 4.78 is 0. The van der Waals surface area contributed by atoms with E-state index in [-0.39, 0.29) is 0 Å². The molecule has 0 amide bonds. The van der Waals surface area contributed by atoms with Crippen LogP contribution in [0.2, 0.25) is 0 Å². The lowest BCUT2D eigenvalue weighted by atomic mass is 9.60. The molecule has 0 aliphatic heterocycles. The van der Waals surface area contributed by atoms with E-state index in [9.17, 15) is 5.11 Å². The highest BCUT2D eigenvalue weighted by atomic mass is 16.3. The van der Waals surface area contributed by atoms with E-state index in [0.29, 0.717) is 0 Å². The van der Waals surface area contributed by atoms with Gasteiger partial charge in [-0.25, -0.2) is 0 Å². The van der Waals surface area contributed by atoms with Crippen LogP contribution in [0.25, 0.3) is 0 Å². The first-order chi connectivity index (χ1) is 4.72. The number of aliphatic hydroxyl groups is 1. The molecule has 0 aromatic carbocycles. The monoisotopic (exact) mass is 136 g/mol. The fraction of sp³-hybridized carbons (Fsp3) is 0.778. The standard InChI is InChI=1S/C9H12O/c1-2-9(10)5-7-3-8(4-7)6-9/h1,7-8,10H,3-6H2. The van der Waals surface area contributed by atoms with Crippen LogP contribution in [0.15, 0.2) is 0 Å². The van der Waals surface area contributed by atoms with Crippen molar-refractivity contribution in [3.05, 3.63) is 0 Å². The van der Waals surface area contributed by atoms with E-state index in [1.807, 2.05) is 0 Å².